The molecule has 0 aromatic heterocycles. The molecule has 1 aliphatic heterocycles. The smallest absolute Gasteiger partial charge is 0.243 e. The summed E-state index contributed by atoms with van der Waals surface area (Å²) in [6, 6.07) is 0. The molecule has 0 atom stereocenters. The number of morpholine rings is 1. The molecule has 0 bridgehead atoms. The fourth-order valence-corrected chi connectivity index (χ4v) is 2.82. The molecule has 1 aliphatic carbocycles. The fourth-order valence-electron chi connectivity index (χ4n) is 2.48. The van der Waals surface area contributed by atoms with Crippen molar-refractivity contribution in [1.29, 1.82) is 0 Å². The Morgan fingerprint density at radius 2 is 1.88 bits per heavy atom. The molecule has 0 N–H and O–H groups in total. The molecular weight excluding hydrogens is 226 g/mol. The van der Waals surface area contributed by atoms with Crippen molar-refractivity contribution in [3.63, 3.8) is 0 Å². The van der Waals surface area contributed by atoms with Gasteiger partial charge in [0.1, 0.15) is 4.87 Å². The first kappa shape index (κ1) is 12.2. The largest absolute Gasteiger partial charge is 0.378 e. The highest BCUT2D eigenvalue weighted by Gasteiger charge is 2.41. The predicted molar refractivity (Wildman–Crippen MR) is 63.6 cm³/mol. The minimum absolute atomic E-state index is 0.129. The lowest BCUT2D eigenvalue weighted by Crippen LogP contribution is -2.51. The van der Waals surface area contributed by atoms with E-state index in [0.717, 1.165) is 25.7 Å². The van der Waals surface area contributed by atoms with Crippen LogP contribution in [0, 0.1) is 5.92 Å². The lowest BCUT2D eigenvalue weighted by atomic mass is 9.81. The first-order valence-electron chi connectivity index (χ1n) is 6.18. The maximum atomic E-state index is 12.3. The zero-order chi connectivity index (χ0) is 11.6. The summed E-state index contributed by atoms with van der Waals surface area (Å²) >= 11 is 6.49. The van der Waals surface area contributed by atoms with Gasteiger partial charge in [-0.3, -0.25) is 4.79 Å². The zero-order valence-corrected chi connectivity index (χ0v) is 10.6. The predicted octanol–water partition coefficient (Wildman–Crippen LogP) is 2.03. The summed E-state index contributed by atoms with van der Waals surface area (Å²) < 4.78 is 5.25. The van der Waals surface area contributed by atoms with Gasteiger partial charge in [0.05, 0.1) is 13.2 Å². The average molecular weight is 246 g/mol. The van der Waals surface area contributed by atoms with E-state index < -0.39 is 4.87 Å². The van der Waals surface area contributed by atoms with Crippen molar-refractivity contribution in [3.8, 4) is 0 Å². The van der Waals surface area contributed by atoms with Gasteiger partial charge in [-0.15, -0.1) is 11.6 Å². The third kappa shape index (κ3) is 2.51. The maximum absolute atomic E-state index is 12.3. The lowest BCUT2D eigenvalue weighted by Gasteiger charge is -2.38. The van der Waals surface area contributed by atoms with E-state index in [0.29, 0.717) is 32.2 Å². The Balaban J connectivity index is 1.96. The number of carbonyl (C=O) groups is 1. The topological polar surface area (TPSA) is 29.5 Å². The Hall–Kier alpha value is -0.280. The summed E-state index contributed by atoms with van der Waals surface area (Å²) in [5, 5.41) is 0. The standard InChI is InChI=1S/C12H20ClNO2/c1-10-2-4-12(13,5-3-10)11(15)14-6-8-16-9-7-14/h10H,2-9H2,1H3. The Bertz CT molecular complexity index is 256. The van der Waals surface area contributed by atoms with Crippen LogP contribution in [0.4, 0.5) is 0 Å². The van der Waals surface area contributed by atoms with Crippen LogP contribution < -0.4 is 0 Å². The van der Waals surface area contributed by atoms with Crippen LogP contribution in [0.5, 0.6) is 0 Å². The van der Waals surface area contributed by atoms with Gasteiger partial charge in [0.15, 0.2) is 0 Å². The van der Waals surface area contributed by atoms with Crippen LogP contribution in [0.1, 0.15) is 32.6 Å². The van der Waals surface area contributed by atoms with E-state index in [2.05, 4.69) is 6.92 Å². The van der Waals surface area contributed by atoms with E-state index in [1.807, 2.05) is 4.90 Å². The fraction of sp³-hybridized carbons (Fsp3) is 0.917. The van der Waals surface area contributed by atoms with Gasteiger partial charge in [-0.2, -0.15) is 0 Å². The summed E-state index contributed by atoms with van der Waals surface area (Å²) in [4.78, 5) is 13.6. The van der Waals surface area contributed by atoms with Crippen LogP contribution in [-0.4, -0.2) is 42.0 Å². The number of amides is 1. The molecular formula is C12H20ClNO2. The number of rotatable bonds is 1. The van der Waals surface area contributed by atoms with Gasteiger partial charge < -0.3 is 9.64 Å². The number of nitrogens with zero attached hydrogens (tertiary/aromatic N) is 1. The summed E-state index contributed by atoms with van der Waals surface area (Å²) in [6.45, 7) is 4.92. The van der Waals surface area contributed by atoms with Crippen molar-refractivity contribution in [1.82, 2.24) is 4.90 Å². The molecule has 1 amide bonds. The maximum Gasteiger partial charge on any atom is 0.243 e. The molecule has 0 unspecified atom stereocenters. The highest BCUT2D eigenvalue weighted by atomic mass is 35.5. The Morgan fingerprint density at radius 1 is 1.31 bits per heavy atom. The molecule has 0 spiro atoms. The molecule has 2 aliphatic rings. The minimum Gasteiger partial charge on any atom is -0.378 e. The van der Waals surface area contributed by atoms with Crippen molar-refractivity contribution in [2.45, 2.75) is 37.5 Å². The van der Waals surface area contributed by atoms with Crippen LogP contribution in [0.15, 0.2) is 0 Å². The van der Waals surface area contributed by atoms with Crippen LogP contribution >= 0.6 is 11.6 Å². The van der Waals surface area contributed by atoms with Gasteiger partial charge in [0.25, 0.3) is 0 Å². The minimum atomic E-state index is -0.621. The molecule has 0 aromatic rings. The Labute approximate surface area is 102 Å². The van der Waals surface area contributed by atoms with Crippen molar-refractivity contribution >= 4 is 17.5 Å². The van der Waals surface area contributed by atoms with E-state index >= 15 is 0 Å². The third-order valence-electron chi connectivity index (χ3n) is 3.75. The molecule has 16 heavy (non-hydrogen) atoms. The summed E-state index contributed by atoms with van der Waals surface area (Å²) in [5.41, 5.74) is 0. The number of halogens is 1. The quantitative estimate of drug-likeness (QED) is 0.662. The molecule has 4 heteroatoms. The Kier molecular flexibility index (Phi) is 3.75. The second-order valence-corrected chi connectivity index (χ2v) is 5.78. The van der Waals surface area contributed by atoms with Crippen molar-refractivity contribution in [2.75, 3.05) is 26.3 Å². The SMILES string of the molecule is CC1CCC(Cl)(C(=O)N2CCOCC2)CC1. The second kappa shape index (κ2) is 4.92. The summed E-state index contributed by atoms with van der Waals surface area (Å²) in [5.74, 6) is 0.841. The molecule has 1 heterocycles. The third-order valence-corrected chi connectivity index (χ3v) is 4.29. The van der Waals surface area contributed by atoms with Gasteiger partial charge in [0, 0.05) is 13.1 Å². The van der Waals surface area contributed by atoms with Gasteiger partial charge in [0.2, 0.25) is 5.91 Å². The van der Waals surface area contributed by atoms with Crippen LogP contribution in [0.3, 0.4) is 0 Å². The number of hydrogen-bond acceptors (Lipinski definition) is 2. The molecule has 1 saturated heterocycles. The van der Waals surface area contributed by atoms with Gasteiger partial charge in [-0.1, -0.05) is 6.92 Å². The summed E-state index contributed by atoms with van der Waals surface area (Å²) in [6.07, 6.45) is 3.79. The van der Waals surface area contributed by atoms with E-state index in [-0.39, 0.29) is 5.91 Å². The normalized spacial score (nSPS) is 36.1. The molecule has 0 radical (unpaired) electrons. The van der Waals surface area contributed by atoms with Crippen LogP contribution in [-0.2, 0) is 9.53 Å². The summed E-state index contributed by atoms with van der Waals surface area (Å²) in [7, 11) is 0. The number of alkyl halides is 1. The first-order valence-corrected chi connectivity index (χ1v) is 6.56. The molecule has 0 aromatic carbocycles. The monoisotopic (exact) mass is 245 g/mol. The number of ether oxygens (including phenoxy) is 1. The highest BCUT2D eigenvalue weighted by molar-refractivity contribution is 6.34. The van der Waals surface area contributed by atoms with E-state index in [9.17, 15) is 4.79 Å². The van der Waals surface area contributed by atoms with Crippen LogP contribution in [0.2, 0.25) is 0 Å². The van der Waals surface area contributed by atoms with E-state index in [1.54, 1.807) is 0 Å². The van der Waals surface area contributed by atoms with Gasteiger partial charge >= 0.3 is 0 Å². The Morgan fingerprint density at radius 3 is 2.44 bits per heavy atom. The van der Waals surface area contributed by atoms with E-state index in [1.165, 1.54) is 0 Å². The van der Waals surface area contributed by atoms with Crippen molar-refractivity contribution < 1.29 is 9.53 Å². The first-order chi connectivity index (χ1) is 7.62. The van der Waals surface area contributed by atoms with Gasteiger partial charge in [-0.05, 0) is 31.6 Å². The molecule has 2 fully saturated rings. The van der Waals surface area contributed by atoms with Crippen molar-refractivity contribution in [3.05, 3.63) is 0 Å². The molecule has 1 saturated carbocycles. The molecule has 92 valence electrons. The van der Waals surface area contributed by atoms with E-state index in [4.69, 9.17) is 16.3 Å². The highest BCUT2D eigenvalue weighted by Crippen LogP contribution is 2.38. The van der Waals surface area contributed by atoms with Crippen LogP contribution in [0.25, 0.3) is 0 Å². The second-order valence-electron chi connectivity index (χ2n) is 5.05. The molecule has 2 rings (SSSR count). The lowest BCUT2D eigenvalue weighted by molar-refractivity contribution is -0.139. The molecule has 3 nitrogen and oxygen atoms in total. The van der Waals surface area contributed by atoms with Gasteiger partial charge in [-0.25, -0.2) is 0 Å². The van der Waals surface area contributed by atoms with Crippen molar-refractivity contribution in [2.24, 2.45) is 5.92 Å². The number of carbonyl (C=O) groups excluding carboxylic acids is 1. The zero-order valence-electron chi connectivity index (χ0n) is 9.88. The number of hydrogen-bond donors (Lipinski definition) is 0. The average Bonchev–Trinajstić information content (AvgIpc) is 2.33.